The van der Waals surface area contributed by atoms with E-state index in [1.807, 2.05) is 0 Å². The molecule has 1 fully saturated rings. The van der Waals surface area contributed by atoms with Crippen LogP contribution in [0.1, 0.15) is 38.4 Å². The molecule has 18 heavy (non-hydrogen) atoms. The smallest absolute Gasteiger partial charge is 0.319 e. The molecule has 1 aromatic heterocycles. The standard InChI is InChI=1S/C13H18N2O3/c1-13(2,3)18-12(17)10(9-4-5-9)11(16)15-7-6-14-8-15/h6-10H,4-5H2,1-3H3. The molecular formula is C13H18N2O3. The molecule has 1 heterocycles. The van der Waals surface area contributed by atoms with Gasteiger partial charge in [0.25, 0.3) is 0 Å². The first kappa shape index (κ1) is 12.8. The van der Waals surface area contributed by atoms with Crippen LogP contribution in [0.5, 0.6) is 0 Å². The van der Waals surface area contributed by atoms with Crippen molar-refractivity contribution in [1.82, 2.24) is 9.55 Å². The van der Waals surface area contributed by atoms with Crippen LogP contribution in [0.15, 0.2) is 18.7 Å². The van der Waals surface area contributed by atoms with Crippen molar-refractivity contribution in [2.75, 3.05) is 0 Å². The molecule has 0 amide bonds. The van der Waals surface area contributed by atoms with E-state index in [9.17, 15) is 9.59 Å². The summed E-state index contributed by atoms with van der Waals surface area (Å²) in [5, 5.41) is 0. The quantitative estimate of drug-likeness (QED) is 0.607. The fourth-order valence-electron chi connectivity index (χ4n) is 1.84. The number of rotatable bonds is 3. The van der Waals surface area contributed by atoms with Crippen molar-refractivity contribution in [2.45, 2.75) is 39.2 Å². The SMILES string of the molecule is CC(C)(C)OC(=O)C(C(=O)n1ccnc1)C1CC1. The average molecular weight is 250 g/mol. The number of carbonyl (C=O) groups is 2. The monoisotopic (exact) mass is 250 g/mol. The van der Waals surface area contributed by atoms with E-state index in [-0.39, 0.29) is 11.8 Å². The Kier molecular flexibility index (Phi) is 3.24. The number of ether oxygens (including phenoxy) is 1. The number of aromatic nitrogens is 2. The highest BCUT2D eigenvalue weighted by molar-refractivity contribution is 5.99. The van der Waals surface area contributed by atoms with Crippen molar-refractivity contribution in [3.05, 3.63) is 18.7 Å². The maximum Gasteiger partial charge on any atom is 0.319 e. The van der Waals surface area contributed by atoms with E-state index < -0.39 is 17.5 Å². The van der Waals surface area contributed by atoms with E-state index in [1.54, 1.807) is 27.0 Å². The molecule has 0 aromatic carbocycles. The number of hydrogen-bond donors (Lipinski definition) is 0. The molecule has 5 nitrogen and oxygen atoms in total. The predicted octanol–water partition coefficient (Wildman–Crippen LogP) is 1.89. The minimum absolute atomic E-state index is 0.120. The normalized spacial score (nSPS) is 17.3. The highest BCUT2D eigenvalue weighted by atomic mass is 16.6. The molecule has 0 spiro atoms. The van der Waals surface area contributed by atoms with Crippen LogP contribution in [0, 0.1) is 11.8 Å². The van der Waals surface area contributed by atoms with Crippen molar-refractivity contribution >= 4 is 11.9 Å². The molecule has 0 bridgehead atoms. The topological polar surface area (TPSA) is 61.2 Å². The van der Waals surface area contributed by atoms with Crippen LogP contribution in [0.2, 0.25) is 0 Å². The second-order valence-electron chi connectivity index (χ2n) is 5.66. The van der Waals surface area contributed by atoms with E-state index in [0.717, 1.165) is 12.8 Å². The Labute approximate surface area is 106 Å². The lowest BCUT2D eigenvalue weighted by atomic mass is 10.0. The summed E-state index contributed by atoms with van der Waals surface area (Å²) in [6.07, 6.45) is 6.32. The molecule has 0 saturated heterocycles. The van der Waals surface area contributed by atoms with Crippen molar-refractivity contribution in [3.8, 4) is 0 Å². The number of hydrogen-bond acceptors (Lipinski definition) is 4. The minimum atomic E-state index is -0.696. The third-order valence-corrected chi connectivity index (χ3v) is 2.78. The lowest BCUT2D eigenvalue weighted by Gasteiger charge is -2.23. The van der Waals surface area contributed by atoms with E-state index in [1.165, 1.54) is 17.1 Å². The number of imidazole rings is 1. The molecule has 1 aliphatic rings. The summed E-state index contributed by atoms with van der Waals surface area (Å²) in [4.78, 5) is 28.2. The van der Waals surface area contributed by atoms with E-state index in [4.69, 9.17) is 4.74 Å². The minimum Gasteiger partial charge on any atom is -0.459 e. The first-order valence-electron chi connectivity index (χ1n) is 6.13. The second-order valence-corrected chi connectivity index (χ2v) is 5.66. The van der Waals surface area contributed by atoms with Crippen LogP contribution in [0.25, 0.3) is 0 Å². The van der Waals surface area contributed by atoms with Crippen molar-refractivity contribution < 1.29 is 14.3 Å². The van der Waals surface area contributed by atoms with Crippen molar-refractivity contribution in [1.29, 1.82) is 0 Å². The van der Waals surface area contributed by atoms with Gasteiger partial charge in [0.15, 0.2) is 0 Å². The molecular weight excluding hydrogens is 232 g/mol. The van der Waals surface area contributed by atoms with Gasteiger partial charge in [0, 0.05) is 12.4 Å². The van der Waals surface area contributed by atoms with Gasteiger partial charge < -0.3 is 4.74 Å². The Morgan fingerprint density at radius 1 is 1.39 bits per heavy atom. The molecule has 0 aliphatic heterocycles. The van der Waals surface area contributed by atoms with Gasteiger partial charge in [-0.3, -0.25) is 14.2 Å². The maximum absolute atomic E-state index is 12.2. The molecule has 98 valence electrons. The Balaban J connectivity index is 2.14. The van der Waals surface area contributed by atoms with Gasteiger partial charge in [-0.1, -0.05) is 0 Å². The van der Waals surface area contributed by atoms with Gasteiger partial charge in [-0.2, -0.15) is 0 Å². The predicted molar refractivity (Wildman–Crippen MR) is 64.9 cm³/mol. The third kappa shape index (κ3) is 2.97. The van der Waals surface area contributed by atoms with Crippen LogP contribution >= 0.6 is 0 Å². The summed E-state index contributed by atoms with van der Waals surface area (Å²) in [7, 11) is 0. The Hall–Kier alpha value is -1.65. The molecule has 1 aliphatic carbocycles. The fraction of sp³-hybridized carbons (Fsp3) is 0.615. The molecule has 1 aromatic rings. The van der Waals surface area contributed by atoms with Crippen LogP contribution in [-0.4, -0.2) is 27.0 Å². The average Bonchev–Trinajstić information content (AvgIpc) is 2.91. The van der Waals surface area contributed by atoms with Crippen LogP contribution in [0.3, 0.4) is 0 Å². The van der Waals surface area contributed by atoms with Crippen molar-refractivity contribution in [3.63, 3.8) is 0 Å². The number of nitrogens with zero attached hydrogens (tertiary/aromatic N) is 2. The van der Waals surface area contributed by atoms with E-state index in [2.05, 4.69) is 4.98 Å². The zero-order chi connectivity index (χ0) is 13.3. The Morgan fingerprint density at radius 2 is 2.06 bits per heavy atom. The van der Waals surface area contributed by atoms with Crippen molar-refractivity contribution in [2.24, 2.45) is 11.8 Å². The molecule has 1 saturated carbocycles. The molecule has 0 radical (unpaired) electrons. The van der Waals surface area contributed by atoms with Gasteiger partial charge in [-0.15, -0.1) is 0 Å². The van der Waals surface area contributed by atoms with Crippen LogP contribution < -0.4 is 0 Å². The number of esters is 1. The van der Waals surface area contributed by atoms with Crippen LogP contribution in [-0.2, 0) is 9.53 Å². The van der Waals surface area contributed by atoms with Crippen LogP contribution in [0.4, 0.5) is 0 Å². The summed E-state index contributed by atoms with van der Waals surface area (Å²) >= 11 is 0. The number of carbonyl (C=O) groups excluding carboxylic acids is 2. The van der Waals surface area contributed by atoms with Gasteiger partial charge in [0.1, 0.15) is 17.8 Å². The van der Waals surface area contributed by atoms with Gasteiger partial charge in [-0.05, 0) is 39.5 Å². The molecule has 2 rings (SSSR count). The van der Waals surface area contributed by atoms with Gasteiger partial charge in [-0.25, -0.2) is 4.98 Å². The second kappa shape index (κ2) is 4.55. The molecule has 1 atom stereocenters. The summed E-state index contributed by atoms with van der Waals surface area (Å²) in [5.41, 5.74) is -0.570. The Bertz CT molecular complexity index is 441. The molecule has 0 N–H and O–H groups in total. The maximum atomic E-state index is 12.2. The van der Waals surface area contributed by atoms with Gasteiger partial charge in [0.05, 0.1) is 0 Å². The van der Waals surface area contributed by atoms with Gasteiger partial charge >= 0.3 is 5.97 Å². The summed E-state index contributed by atoms with van der Waals surface area (Å²) in [6.45, 7) is 5.41. The molecule has 1 unspecified atom stereocenters. The van der Waals surface area contributed by atoms with E-state index in [0.29, 0.717) is 0 Å². The summed E-state index contributed by atoms with van der Waals surface area (Å²) in [5.74, 6) is -1.25. The lowest BCUT2D eigenvalue weighted by Crippen LogP contribution is -2.36. The first-order chi connectivity index (χ1) is 8.38. The highest BCUT2D eigenvalue weighted by Crippen LogP contribution is 2.38. The lowest BCUT2D eigenvalue weighted by molar-refractivity contribution is -0.158. The fourth-order valence-corrected chi connectivity index (χ4v) is 1.84. The van der Waals surface area contributed by atoms with E-state index >= 15 is 0 Å². The zero-order valence-electron chi connectivity index (χ0n) is 10.9. The molecule has 5 heteroatoms. The largest absolute Gasteiger partial charge is 0.459 e. The van der Waals surface area contributed by atoms with Gasteiger partial charge in [0.2, 0.25) is 5.91 Å². The Morgan fingerprint density at radius 3 is 2.50 bits per heavy atom. The summed E-state index contributed by atoms with van der Waals surface area (Å²) < 4.78 is 6.68. The third-order valence-electron chi connectivity index (χ3n) is 2.78. The zero-order valence-corrected chi connectivity index (χ0v) is 10.9. The highest BCUT2D eigenvalue weighted by Gasteiger charge is 2.43. The summed E-state index contributed by atoms with van der Waals surface area (Å²) in [6, 6.07) is 0. The first-order valence-corrected chi connectivity index (χ1v) is 6.13.